The molecule has 74 valence electrons. The molecule has 5 heteroatoms. The Kier molecular flexibility index (Phi) is 2.84. The highest BCUT2D eigenvalue weighted by molar-refractivity contribution is 7.90. The fraction of sp³-hybridized carbons (Fsp3) is 0.222. The first-order valence-electron chi connectivity index (χ1n) is 3.84. The summed E-state index contributed by atoms with van der Waals surface area (Å²) in [6.45, 7) is 1.77. The van der Waals surface area contributed by atoms with Crippen LogP contribution in [0.25, 0.3) is 0 Å². The first-order valence-corrected chi connectivity index (χ1v) is 5.73. The maximum absolute atomic E-state index is 11.3. The number of aryl methyl sites for hydroxylation is 1. The van der Waals surface area contributed by atoms with Crippen molar-refractivity contribution in [2.45, 2.75) is 11.8 Å². The summed E-state index contributed by atoms with van der Waals surface area (Å²) in [4.78, 5) is 13.4. The van der Waals surface area contributed by atoms with Crippen molar-refractivity contribution in [2.24, 2.45) is 4.99 Å². The highest BCUT2D eigenvalue weighted by Crippen LogP contribution is 2.24. The van der Waals surface area contributed by atoms with Gasteiger partial charge in [-0.05, 0) is 24.6 Å². The number of isocyanates is 1. The van der Waals surface area contributed by atoms with E-state index in [9.17, 15) is 13.2 Å². The number of carbonyl (C=O) groups excluding carboxylic acids is 1. The predicted molar refractivity (Wildman–Crippen MR) is 52.1 cm³/mol. The minimum atomic E-state index is -3.35. The van der Waals surface area contributed by atoms with Gasteiger partial charge in [0.15, 0.2) is 9.84 Å². The van der Waals surface area contributed by atoms with Crippen LogP contribution in [-0.4, -0.2) is 20.8 Å². The molecule has 0 atom stereocenters. The average molecular weight is 211 g/mol. The maximum Gasteiger partial charge on any atom is 0.240 e. The lowest BCUT2D eigenvalue weighted by Crippen LogP contribution is -1.97. The van der Waals surface area contributed by atoms with E-state index in [4.69, 9.17) is 0 Å². The molecule has 1 rings (SSSR count). The molecule has 0 aliphatic carbocycles. The van der Waals surface area contributed by atoms with Crippen LogP contribution in [0.4, 0.5) is 5.69 Å². The molecule has 0 heterocycles. The summed E-state index contributed by atoms with van der Waals surface area (Å²) in [5, 5.41) is 0. The first-order chi connectivity index (χ1) is 6.45. The summed E-state index contributed by atoms with van der Waals surface area (Å²) in [6.07, 6.45) is 2.40. The molecule has 1 aromatic rings. The van der Waals surface area contributed by atoms with E-state index < -0.39 is 9.84 Å². The number of sulfone groups is 1. The van der Waals surface area contributed by atoms with Gasteiger partial charge in [0.2, 0.25) is 6.08 Å². The number of hydrogen-bond acceptors (Lipinski definition) is 4. The monoisotopic (exact) mass is 211 g/mol. The Morgan fingerprint density at radius 1 is 1.36 bits per heavy atom. The molecule has 0 radical (unpaired) electrons. The van der Waals surface area contributed by atoms with Gasteiger partial charge in [-0.2, -0.15) is 4.99 Å². The van der Waals surface area contributed by atoms with Crippen molar-refractivity contribution in [3.8, 4) is 0 Å². The molecule has 0 saturated heterocycles. The zero-order valence-corrected chi connectivity index (χ0v) is 8.63. The number of rotatable bonds is 2. The second-order valence-corrected chi connectivity index (χ2v) is 4.93. The van der Waals surface area contributed by atoms with Gasteiger partial charge in [0.1, 0.15) is 0 Å². The average Bonchev–Trinajstić information content (AvgIpc) is 2.07. The molecule has 0 aliphatic rings. The number of nitrogens with zero attached hydrogens (tertiary/aromatic N) is 1. The molecule has 0 aliphatic heterocycles. The van der Waals surface area contributed by atoms with Crippen molar-refractivity contribution >= 4 is 21.6 Å². The van der Waals surface area contributed by atoms with E-state index in [0.29, 0.717) is 0 Å². The Hall–Kier alpha value is -1.45. The van der Waals surface area contributed by atoms with Gasteiger partial charge in [0, 0.05) is 6.26 Å². The summed E-state index contributed by atoms with van der Waals surface area (Å²) in [5.74, 6) is 0. The van der Waals surface area contributed by atoms with E-state index in [1.807, 2.05) is 0 Å². The van der Waals surface area contributed by atoms with Gasteiger partial charge < -0.3 is 0 Å². The van der Waals surface area contributed by atoms with E-state index in [1.165, 1.54) is 18.2 Å². The van der Waals surface area contributed by atoms with Crippen LogP contribution in [0.15, 0.2) is 28.1 Å². The van der Waals surface area contributed by atoms with Crippen LogP contribution in [0.1, 0.15) is 5.56 Å². The Bertz CT molecular complexity index is 499. The third-order valence-corrected chi connectivity index (χ3v) is 2.81. The fourth-order valence-corrected chi connectivity index (χ4v) is 1.95. The highest BCUT2D eigenvalue weighted by Gasteiger charge is 2.12. The van der Waals surface area contributed by atoms with Gasteiger partial charge in [-0.3, -0.25) is 0 Å². The van der Waals surface area contributed by atoms with Crippen molar-refractivity contribution in [3.05, 3.63) is 23.8 Å². The second kappa shape index (κ2) is 3.74. The quantitative estimate of drug-likeness (QED) is 0.548. The molecular formula is C9H9NO3S. The van der Waals surface area contributed by atoms with E-state index in [2.05, 4.69) is 4.99 Å². The summed E-state index contributed by atoms with van der Waals surface area (Å²) < 4.78 is 22.6. The van der Waals surface area contributed by atoms with Crippen LogP contribution >= 0.6 is 0 Å². The van der Waals surface area contributed by atoms with Crippen LogP contribution in [0.3, 0.4) is 0 Å². The molecule has 0 saturated carbocycles. The number of hydrogen-bond donors (Lipinski definition) is 0. The minimum absolute atomic E-state index is 0.0563. The van der Waals surface area contributed by atoms with Crippen molar-refractivity contribution < 1.29 is 13.2 Å². The molecule has 0 bridgehead atoms. The lowest BCUT2D eigenvalue weighted by atomic mass is 10.2. The van der Waals surface area contributed by atoms with Crippen LogP contribution in [0.5, 0.6) is 0 Å². The maximum atomic E-state index is 11.3. The molecular weight excluding hydrogens is 202 g/mol. The molecule has 0 fully saturated rings. The Morgan fingerprint density at radius 2 is 2.00 bits per heavy atom. The molecule has 1 aromatic carbocycles. The molecule has 0 unspecified atom stereocenters. The lowest BCUT2D eigenvalue weighted by molar-refractivity contribution is 0.565. The van der Waals surface area contributed by atoms with Gasteiger partial charge in [-0.1, -0.05) is 6.07 Å². The van der Waals surface area contributed by atoms with Gasteiger partial charge in [0.05, 0.1) is 10.6 Å². The highest BCUT2D eigenvalue weighted by atomic mass is 32.2. The summed E-state index contributed by atoms with van der Waals surface area (Å²) in [5.41, 5.74) is 0.934. The SMILES string of the molecule is Cc1ccc(N=C=O)c(S(C)(=O)=O)c1. The van der Waals surface area contributed by atoms with Gasteiger partial charge >= 0.3 is 0 Å². The number of benzene rings is 1. The zero-order valence-electron chi connectivity index (χ0n) is 7.81. The standard InChI is InChI=1S/C9H9NO3S/c1-7-3-4-8(10-6-11)9(5-7)14(2,12)13/h3-5H,1-2H3. The fourth-order valence-electron chi connectivity index (χ4n) is 1.06. The Morgan fingerprint density at radius 3 is 2.50 bits per heavy atom. The van der Waals surface area contributed by atoms with E-state index in [0.717, 1.165) is 11.8 Å². The molecule has 0 spiro atoms. The molecule has 0 aromatic heterocycles. The van der Waals surface area contributed by atoms with Crippen LogP contribution < -0.4 is 0 Å². The first kappa shape index (κ1) is 10.6. The molecule has 0 N–H and O–H groups in total. The summed E-state index contributed by atoms with van der Waals surface area (Å²) >= 11 is 0. The predicted octanol–water partition coefficient (Wildman–Crippen LogP) is 1.37. The largest absolute Gasteiger partial charge is 0.240 e. The summed E-state index contributed by atoms with van der Waals surface area (Å²) in [7, 11) is -3.35. The van der Waals surface area contributed by atoms with Crippen molar-refractivity contribution in [1.29, 1.82) is 0 Å². The minimum Gasteiger partial charge on any atom is -0.224 e. The molecule has 14 heavy (non-hydrogen) atoms. The third kappa shape index (κ3) is 2.28. The zero-order chi connectivity index (χ0) is 10.8. The molecule has 4 nitrogen and oxygen atoms in total. The van der Waals surface area contributed by atoms with Crippen molar-refractivity contribution in [2.75, 3.05) is 6.26 Å². The summed E-state index contributed by atoms with van der Waals surface area (Å²) in [6, 6.07) is 4.65. The molecule has 0 amide bonds. The van der Waals surface area contributed by atoms with Gasteiger partial charge in [0.25, 0.3) is 0 Å². The lowest BCUT2D eigenvalue weighted by Gasteiger charge is -2.02. The normalized spacial score (nSPS) is 10.7. The third-order valence-electron chi connectivity index (χ3n) is 1.68. The van der Waals surface area contributed by atoms with Crippen molar-refractivity contribution in [1.82, 2.24) is 0 Å². The van der Waals surface area contributed by atoms with Crippen LogP contribution in [0.2, 0.25) is 0 Å². The topological polar surface area (TPSA) is 63.6 Å². The second-order valence-electron chi connectivity index (χ2n) is 2.95. The van der Waals surface area contributed by atoms with Gasteiger partial charge in [-0.15, -0.1) is 0 Å². The van der Waals surface area contributed by atoms with Crippen LogP contribution in [0, 0.1) is 6.92 Å². The smallest absolute Gasteiger partial charge is 0.224 e. The number of aliphatic imine (C=N–C) groups is 1. The van der Waals surface area contributed by atoms with Crippen molar-refractivity contribution in [3.63, 3.8) is 0 Å². The van der Waals surface area contributed by atoms with E-state index in [1.54, 1.807) is 13.0 Å². The van der Waals surface area contributed by atoms with Gasteiger partial charge in [-0.25, -0.2) is 13.2 Å². The van der Waals surface area contributed by atoms with Crippen LogP contribution in [-0.2, 0) is 14.6 Å². The Labute approximate surface area is 82.2 Å². The Balaban J connectivity index is 3.53. The van der Waals surface area contributed by atoms with E-state index >= 15 is 0 Å². The van der Waals surface area contributed by atoms with E-state index in [-0.39, 0.29) is 10.6 Å².